The molecule has 1 amide bonds. The van der Waals surface area contributed by atoms with E-state index in [1.54, 1.807) is 31.4 Å². The van der Waals surface area contributed by atoms with Crippen LogP contribution in [0.5, 0.6) is 5.75 Å². The van der Waals surface area contributed by atoms with Crippen LogP contribution >= 0.6 is 34.8 Å². The Balaban J connectivity index is 1.48. The Kier molecular flexibility index (Phi) is 7.05. The molecule has 1 aliphatic heterocycles. The molecule has 0 spiro atoms. The molecule has 1 aromatic heterocycles. The number of para-hydroxylation sites is 1. The molecule has 4 rings (SSSR count). The largest absolute Gasteiger partial charge is 0.497 e. The number of rotatable bonds is 5. The van der Waals surface area contributed by atoms with Crippen LogP contribution in [0.15, 0.2) is 63.8 Å². The number of hydrogen-bond acceptors (Lipinski definition) is 6. The van der Waals surface area contributed by atoms with Crippen molar-refractivity contribution in [3.8, 4) is 5.75 Å². The van der Waals surface area contributed by atoms with Gasteiger partial charge in [0.25, 0.3) is 5.91 Å². The van der Waals surface area contributed by atoms with Gasteiger partial charge in [-0.1, -0.05) is 53.0 Å². The molecule has 0 aliphatic carbocycles. The Labute approximate surface area is 205 Å². The van der Waals surface area contributed by atoms with Crippen molar-refractivity contribution in [3.05, 3.63) is 70.6 Å². The minimum atomic E-state index is -1.81. The summed E-state index contributed by atoms with van der Waals surface area (Å²) in [5.74, 6) is 0.123. The Bertz CT molecular complexity index is 1190. The summed E-state index contributed by atoms with van der Waals surface area (Å²) >= 11 is 18.7. The zero-order valence-corrected chi connectivity index (χ0v) is 20.0. The van der Waals surface area contributed by atoms with E-state index in [-0.39, 0.29) is 5.56 Å². The van der Waals surface area contributed by atoms with Crippen LogP contribution in [0.1, 0.15) is 10.4 Å². The highest BCUT2D eigenvalue weighted by molar-refractivity contribution is 6.68. The van der Waals surface area contributed by atoms with Crippen molar-refractivity contribution in [1.29, 1.82) is 0 Å². The molecule has 2 aromatic carbocycles. The molecular weight excluding hydrogens is 489 g/mol. The van der Waals surface area contributed by atoms with Crippen molar-refractivity contribution >= 4 is 57.4 Å². The van der Waals surface area contributed by atoms with E-state index in [0.717, 1.165) is 11.4 Å². The topological polar surface area (TPSA) is 75.0 Å². The SMILES string of the molecule is COc1ccc(N2CCN(C(NC(=O)c3cc4ccccc4oc3=O)C(Cl)(Cl)Cl)CC2)cc1. The highest BCUT2D eigenvalue weighted by atomic mass is 35.6. The van der Waals surface area contributed by atoms with Gasteiger partial charge in [0.15, 0.2) is 0 Å². The molecule has 174 valence electrons. The number of halogens is 3. The lowest BCUT2D eigenvalue weighted by molar-refractivity contribution is 0.0837. The number of hydrogen-bond donors (Lipinski definition) is 1. The number of amides is 1. The summed E-state index contributed by atoms with van der Waals surface area (Å²) in [6, 6.07) is 16.2. The second kappa shape index (κ2) is 9.81. The molecule has 1 fully saturated rings. The van der Waals surface area contributed by atoms with Crippen LogP contribution < -0.4 is 20.6 Å². The molecule has 7 nitrogen and oxygen atoms in total. The average Bonchev–Trinajstić information content (AvgIpc) is 2.81. The van der Waals surface area contributed by atoms with Crippen LogP contribution in [-0.4, -0.2) is 54.1 Å². The third kappa shape index (κ3) is 5.38. The second-order valence-corrected chi connectivity index (χ2v) is 9.99. The number of anilines is 1. The van der Waals surface area contributed by atoms with E-state index >= 15 is 0 Å². The number of nitrogens with zero attached hydrogens (tertiary/aromatic N) is 2. The Morgan fingerprint density at radius 3 is 2.36 bits per heavy atom. The van der Waals surface area contributed by atoms with Crippen LogP contribution in [0.3, 0.4) is 0 Å². The summed E-state index contributed by atoms with van der Waals surface area (Å²) in [6.45, 7) is 2.41. The van der Waals surface area contributed by atoms with E-state index < -0.39 is 21.5 Å². The standard InChI is InChI=1S/C23H22Cl3N3O4/c1-32-17-8-6-16(7-9-17)28-10-12-29(13-11-28)22(23(24,25)26)27-20(30)18-14-15-4-2-3-5-19(15)33-21(18)31/h2-9,14,22H,10-13H2,1H3,(H,27,30). The minimum absolute atomic E-state index is 0.148. The maximum absolute atomic E-state index is 13.0. The first-order chi connectivity index (χ1) is 15.8. The van der Waals surface area contributed by atoms with E-state index in [1.165, 1.54) is 6.07 Å². The number of methoxy groups -OCH3 is 1. The van der Waals surface area contributed by atoms with E-state index in [4.69, 9.17) is 44.0 Å². The number of fused-ring (bicyclic) bond motifs is 1. The Morgan fingerprint density at radius 2 is 1.73 bits per heavy atom. The van der Waals surface area contributed by atoms with Gasteiger partial charge < -0.3 is 19.4 Å². The van der Waals surface area contributed by atoms with E-state index in [0.29, 0.717) is 37.1 Å². The molecule has 0 saturated carbocycles. The Morgan fingerprint density at radius 1 is 1.06 bits per heavy atom. The number of nitrogens with one attached hydrogen (secondary N) is 1. The lowest BCUT2D eigenvalue weighted by Crippen LogP contribution is -2.61. The molecule has 2 heterocycles. The summed E-state index contributed by atoms with van der Waals surface area (Å²) in [4.78, 5) is 29.4. The van der Waals surface area contributed by atoms with Gasteiger partial charge in [0.1, 0.15) is 23.1 Å². The molecule has 3 aromatic rings. The zero-order chi connectivity index (χ0) is 23.6. The fourth-order valence-electron chi connectivity index (χ4n) is 3.83. The maximum atomic E-state index is 13.0. The molecule has 1 unspecified atom stereocenters. The minimum Gasteiger partial charge on any atom is -0.497 e. The van der Waals surface area contributed by atoms with Crippen molar-refractivity contribution in [3.63, 3.8) is 0 Å². The second-order valence-electron chi connectivity index (χ2n) is 7.62. The number of alkyl halides is 3. The highest BCUT2D eigenvalue weighted by Gasteiger charge is 2.40. The van der Waals surface area contributed by atoms with Crippen LogP contribution in [0.25, 0.3) is 11.0 Å². The number of benzene rings is 2. The molecule has 1 saturated heterocycles. The van der Waals surface area contributed by atoms with Gasteiger partial charge in [0.2, 0.25) is 3.79 Å². The quantitative estimate of drug-likeness (QED) is 0.412. The van der Waals surface area contributed by atoms with Gasteiger partial charge in [-0.25, -0.2) is 4.79 Å². The third-order valence-corrected chi connectivity index (χ3v) is 6.20. The first-order valence-corrected chi connectivity index (χ1v) is 11.4. The number of ether oxygens (including phenoxy) is 1. The van der Waals surface area contributed by atoms with Gasteiger partial charge in [0, 0.05) is 37.3 Å². The molecule has 10 heteroatoms. The van der Waals surface area contributed by atoms with Gasteiger partial charge in [-0.3, -0.25) is 9.69 Å². The molecule has 1 N–H and O–H groups in total. The van der Waals surface area contributed by atoms with E-state index in [1.807, 2.05) is 29.2 Å². The fraction of sp³-hybridized carbons (Fsp3) is 0.304. The van der Waals surface area contributed by atoms with Crippen LogP contribution in [0.4, 0.5) is 5.69 Å². The van der Waals surface area contributed by atoms with Crippen LogP contribution in [0, 0.1) is 0 Å². The van der Waals surface area contributed by atoms with Crippen molar-refractivity contribution in [2.24, 2.45) is 0 Å². The van der Waals surface area contributed by atoms with Gasteiger partial charge >= 0.3 is 5.63 Å². The van der Waals surface area contributed by atoms with Gasteiger partial charge in [-0.2, -0.15) is 0 Å². The lowest BCUT2D eigenvalue weighted by Gasteiger charge is -2.42. The number of carbonyl (C=O) groups excluding carboxylic acids is 1. The molecule has 0 radical (unpaired) electrons. The number of carbonyl (C=O) groups is 1. The highest BCUT2D eigenvalue weighted by Crippen LogP contribution is 2.33. The molecule has 1 atom stereocenters. The molecule has 0 bridgehead atoms. The summed E-state index contributed by atoms with van der Waals surface area (Å²) in [6.07, 6.45) is -0.932. The van der Waals surface area contributed by atoms with Crippen molar-refractivity contribution in [2.75, 3.05) is 38.2 Å². The lowest BCUT2D eigenvalue weighted by atomic mass is 10.1. The smallest absolute Gasteiger partial charge is 0.349 e. The summed E-state index contributed by atoms with van der Waals surface area (Å²) in [7, 11) is 1.63. The van der Waals surface area contributed by atoms with Crippen molar-refractivity contribution in [2.45, 2.75) is 9.96 Å². The van der Waals surface area contributed by atoms with E-state index in [9.17, 15) is 9.59 Å². The first-order valence-electron chi connectivity index (χ1n) is 10.3. The summed E-state index contributed by atoms with van der Waals surface area (Å²) in [5, 5.41) is 3.34. The van der Waals surface area contributed by atoms with E-state index in [2.05, 4.69) is 10.2 Å². The zero-order valence-electron chi connectivity index (χ0n) is 17.8. The predicted molar refractivity (Wildman–Crippen MR) is 131 cm³/mol. The fourth-order valence-corrected chi connectivity index (χ4v) is 4.41. The molecular formula is C23H22Cl3N3O4. The normalized spacial score (nSPS) is 15.9. The third-order valence-electron chi connectivity index (χ3n) is 5.58. The van der Waals surface area contributed by atoms with Gasteiger partial charge in [0.05, 0.1) is 7.11 Å². The van der Waals surface area contributed by atoms with Gasteiger partial charge in [-0.15, -0.1) is 0 Å². The van der Waals surface area contributed by atoms with Crippen molar-refractivity contribution in [1.82, 2.24) is 10.2 Å². The van der Waals surface area contributed by atoms with Crippen molar-refractivity contribution < 1.29 is 13.9 Å². The predicted octanol–water partition coefficient (Wildman–Crippen LogP) is 4.05. The van der Waals surface area contributed by atoms with Crippen LogP contribution in [0.2, 0.25) is 0 Å². The Hall–Kier alpha value is -2.45. The monoisotopic (exact) mass is 509 g/mol. The number of piperazine rings is 1. The summed E-state index contributed by atoms with van der Waals surface area (Å²) in [5.41, 5.74) is 0.550. The maximum Gasteiger partial charge on any atom is 0.349 e. The average molecular weight is 511 g/mol. The molecule has 1 aliphatic rings. The molecule has 33 heavy (non-hydrogen) atoms. The summed E-state index contributed by atoms with van der Waals surface area (Å²) < 4.78 is 8.66. The van der Waals surface area contributed by atoms with Gasteiger partial charge in [-0.05, 0) is 36.4 Å². The van der Waals surface area contributed by atoms with Crippen LogP contribution in [-0.2, 0) is 0 Å². The first kappa shape index (κ1) is 23.7.